The van der Waals surface area contributed by atoms with Gasteiger partial charge in [-0.1, -0.05) is 23.8 Å². The van der Waals surface area contributed by atoms with E-state index in [1.165, 1.54) is 6.20 Å². The molecule has 5 nitrogen and oxygen atoms in total. The number of anilines is 2. The lowest BCUT2D eigenvalue weighted by atomic mass is 10.1. The summed E-state index contributed by atoms with van der Waals surface area (Å²) in [5.74, 6) is -0.234. The third-order valence-corrected chi connectivity index (χ3v) is 3.06. The molecule has 0 heterocycles. The minimum Gasteiger partial charge on any atom is -0.360 e. The zero-order valence-corrected chi connectivity index (χ0v) is 12.5. The third kappa shape index (κ3) is 4.45. The molecule has 0 unspecified atom stereocenters. The van der Waals surface area contributed by atoms with Crippen LogP contribution in [-0.2, 0) is 0 Å². The Bertz CT molecular complexity index is 807. The van der Waals surface area contributed by atoms with Crippen LogP contribution in [0.4, 0.5) is 11.4 Å². The number of benzene rings is 2. The maximum Gasteiger partial charge on any atom is 0.255 e. The van der Waals surface area contributed by atoms with Gasteiger partial charge in [-0.3, -0.25) is 4.79 Å². The first-order valence-corrected chi connectivity index (χ1v) is 6.87. The lowest BCUT2D eigenvalue weighted by molar-refractivity contribution is 0.102. The Morgan fingerprint density at radius 1 is 1.04 bits per heavy atom. The average molecular weight is 302 g/mol. The van der Waals surface area contributed by atoms with Crippen molar-refractivity contribution in [3.8, 4) is 12.1 Å². The molecule has 0 saturated carbocycles. The van der Waals surface area contributed by atoms with Crippen LogP contribution < -0.4 is 10.6 Å². The number of nitriles is 2. The maximum absolute atomic E-state index is 12.2. The number of hydrogen-bond acceptors (Lipinski definition) is 4. The summed E-state index contributed by atoms with van der Waals surface area (Å²) in [5, 5.41) is 23.0. The molecule has 0 aromatic heterocycles. The topological polar surface area (TPSA) is 88.7 Å². The summed E-state index contributed by atoms with van der Waals surface area (Å²) >= 11 is 0. The quantitative estimate of drug-likeness (QED) is 0.845. The predicted octanol–water partition coefficient (Wildman–Crippen LogP) is 3.59. The molecule has 0 fully saturated rings. The van der Waals surface area contributed by atoms with Gasteiger partial charge in [-0.05, 0) is 37.3 Å². The van der Waals surface area contributed by atoms with Crippen LogP contribution in [0.2, 0.25) is 0 Å². The number of amides is 1. The van der Waals surface area contributed by atoms with Gasteiger partial charge in [0.15, 0.2) is 0 Å². The number of carbonyl (C=O) groups excluding carboxylic acids is 1. The second-order valence-corrected chi connectivity index (χ2v) is 4.83. The Morgan fingerprint density at radius 3 is 2.39 bits per heavy atom. The summed E-state index contributed by atoms with van der Waals surface area (Å²) in [5.41, 5.74) is 2.88. The van der Waals surface area contributed by atoms with Gasteiger partial charge >= 0.3 is 0 Å². The van der Waals surface area contributed by atoms with Crippen LogP contribution in [0.1, 0.15) is 15.9 Å². The van der Waals surface area contributed by atoms with Gasteiger partial charge in [0.25, 0.3) is 5.91 Å². The van der Waals surface area contributed by atoms with Crippen molar-refractivity contribution in [1.82, 2.24) is 0 Å². The second-order valence-electron chi connectivity index (χ2n) is 4.83. The summed E-state index contributed by atoms with van der Waals surface area (Å²) < 4.78 is 0. The number of allylic oxidation sites excluding steroid dienone is 1. The number of hydrogen-bond donors (Lipinski definition) is 2. The molecule has 2 aromatic rings. The molecule has 112 valence electrons. The fourth-order valence-corrected chi connectivity index (χ4v) is 1.84. The lowest BCUT2D eigenvalue weighted by Crippen LogP contribution is -2.12. The van der Waals surface area contributed by atoms with Crippen molar-refractivity contribution < 1.29 is 4.79 Å². The number of aryl methyl sites for hydroxylation is 1. The number of nitrogens with zero attached hydrogens (tertiary/aromatic N) is 2. The van der Waals surface area contributed by atoms with Crippen LogP contribution in [-0.4, -0.2) is 5.91 Å². The van der Waals surface area contributed by atoms with Crippen LogP contribution in [0.3, 0.4) is 0 Å². The molecule has 2 N–H and O–H groups in total. The van der Waals surface area contributed by atoms with Crippen molar-refractivity contribution >= 4 is 17.3 Å². The molecular weight excluding hydrogens is 288 g/mol. The fraction of sp³-hybridized carbons (Fsp3) is 0.0556. The number of nitrogens with one attached hydrogen (secondary N) is 2. The van der Waals surface area contributed by atoms with Crippen LogP contribution >= 0.6 is 0 Å². The first kappa shape index (κ1) is 15.8. The van der Waals surface area contributed by atoms with Crippen LogP contribution in [0.5, 0.6) is 0 Å². The standard InChI is InChI=1S/C18H14N4O/c1-13-5-7-16(8-6-13)22-18(23)15-3-2-4-17(9-15)21-12-14(10-19)11-20/h2-9,12,21H,1H3,(H,22,23). The molecule has 23 heavy (non-hydrogen) atoms. The molecule has 0 atom stereocenters. The van der Waals surface area contributed by atoms with Gasteiger partial charge in [0.1, 0.15) is 17.7 Å². The molecule has 1 amide bonds. The molecule has 0 aliphatic rings. The minimum atomic E-state index is -0.234. The van der Waals surface area contributed by atoms with Crippen molar-refractivity contribution in [2.45, 2.75) is 6.92 Å². The Hall–Kier alpha value is -3.57. The maximum atomic E-state index is 12.2. The highest BCUT2D eigenvalue weighted by Crippen LogP contribution is 2.14. The molecule has 5 heteroatoms. The predicted molar refractivity (Wildman–Crippen MR) is 88.5 cm³/mol. The van der Waals surface area contributed by atoms with Gasteiger partial charge in [-0.2, -0.15) is 10.5 Å². The van der Waals surface area contributed by atoms with Gasteiger partial charge in [0.05, 0.1) is 0 Å². The number of carbonyl (C=O) groups is 1. The normalized spacial score (nSPS) is 9.17. The SMILES string of the molecule is Cc1ccc(NC(=O)c2cccc(NC=C(C#N)C#N)c2)cc1. The smallest absolute Gasteiger partial charge is 0.255 e. The molecule has 0 radical (unpaired) electrons. The molecule has 2 aromatic carbocycles. The zero-order chi connectivity index (χ0) is 16.7. The second kappa shape index (κ2) is 7.44. The Kier molecular flexibility index (Phi) is 5.12. The van der Waals surface area contributed by atoms with E-state index in [1.807, 2.05) is 31.2 Å². The number of rotatable bonds is 4. The Morgan fingerprint density at radius 2 is 1.74 bits per heavy atom. The average Bonchev–Trinajstić information content (AvgIpc) is 2.58. The molecular formula is C18H14N4O. The molecule has 0 spiro atoms. The van der Waals surface area contributed by atoms with E-state index in [4.69, 9.17) is 10.5 Å². The lowest BCUT2D eigenvalue weighted by Gasteiger charge is -2.07. The first-order valence-electron chi connectivity index (χ1n) is 6.87. The van der Waals surface area contributed by atoms with E-state index in [0.717, 1.165) is 11.3 Å². The van der Waals surface area contributed by atoms with Crippen molar-refractivity contribution in [2.75, 3.05) is 10.6 Å². The van der Waals surface area contributed by atoms with Crippen molar-refractivity contribution in [2.24, 2.45) is 0 Å². The van der Waals surface area contributed by atoms with Gasteiger partial charge in [-0.25, -0.2) is 0 Å². The summed E-state index contributed by atoms with van der Waals surface area (Å²) in [7, 11) is 0. The summed E-state index contributed by atoms with van der Waals surface area (Å²) in [4.78, 5) is 12.2. The van der Waals surface area contributed by atoms with Gasteiger partial charge in [0.2, 0.25) is 0 Å². The molecule has 0 saturated heterocycles. The van der Waals surface area contributed by atoms with E-state index in [1.54, 1.807) is 36.4 Å². The summed E-state index contributed by atoms with van der Waals surface area (Å²) in [6.45, 7) is 1.98. The van der Waals surface area contributed by atoms with E-state index >= 15 is 0 Å². The summed E-state index contributed by atoms with van der Waals surface area (Å²) in [6, 6.07) is 17.8. The van der Waals surface area contributed by atoms with Crippen molar-refractivity contribution in [1.29, 1.82) is 10.5 Å². The van der Waals surface area contributed by atoms with Gasteiger partial charge in [0, 0.05) is 23.1 Å². The van der Waals surface area contributed by atoms with E-state index in [-0.39, 0.29) is 11.5 Å². The zero-order valence-electron chi connectivity index (χ0n) is 12.5. The highest BCUT2D eigenvalue weighted by Gasteiger charge is 2.06. The van der Waals surface area contributed by atoms with Crippen LogP contribution in [0, 0.1) is 29.6 Å². The van der Waals surface area contributed by atoms with E-state index in [2.05, 4.69) is 10.6 Å². The third-order valence-electron chi connectivity index (χ3n) is 3.06. The first-order chi connectivity index (χ1) is 11.1. The van der Waals surface area contributed by atoms with Crippen LogP contribution in [0.25, 0.3) is 0 Å². The molecule has 0 aliphatic heterocycles. The van der Waals surface area contributed by atoms with Crippen LogP contribution in [0.15, 0.2) is 60.3 Å². The van der Waals surface area contributed by atoms with Gasteiger partial charge in [-0.15, -0.1) is 0 Å². The van der Waals surface area contributed by atoms with E-state index in [9.17, 15) is 4.79 Å². The van der Waals surface area contributed by atoms with E-state index in [0.29, 0.717) is 11.3 Å². The largest absolute Gasteiger partial charge is 0.360 e. The molecule has 0 aliphatic carbocycles. The van der Waals surface area contributed by atoms with Gasteiger partial charge < -0.3 is 10.6 Å². The highest BCUT2D eigenvalue weighted by molar-refractivity contribution is 6.04. The van der Waals surface area contributed by atoms with E-state index < -0.39 is 0 Å². The van der Waals surface area contributed by atoms with Crippen molar-refractivity contribution in [3.05, 3.63) is 71.4 Å². The Balaban J connectivity index is 2.11. The monoisotopic (exact) mass is 302 g/mol. The summed E-state index contributed by atoms with van der Waals surface area (Å²) in [6.07, 6.45) is 1.30. The molecule has 0 bridgehead atoms. The Labute approximate surface area is 134 Å². The van der Waals surface area contributed by atoms with Crippen molar-refractivity contribution in [3.63, 3.8) is 0 Å². The fourth-order valence-electron chi connectivity index (χ4n) is 1.84. The molecule has 2 rings (SSSR count). The minimum absolute atomic E-state index is 0.0421. The highest BCUT2D eigenvalue weighted by atomic mass is 16.1.